The van der Waals surface area contributed by atoms with Crippen molar-refractivity contribution in [1.82, 2.24) is 14.8 Å². The smallest absolute Gasteiger partial charge is 0.223 e. The molecule has 1 aliphatic rings. The second-order valence-electron chi connectivity index (χ2n) is 6.18. The molecule has 0 aromatic carbocycles. The molecule has 1 aromatic rings. The summed E-state index contributed by atoms with van der Waals surface area (Å²) in [6, 6.07) is 5.65. The van der Waals surface area contributed by atoms with Gasteiger partial charge in [-0.2, -0.15) is 0 Å². The van der Waals surface area contributed by atoms with E-state index in [4.69, 9.17) is 4.74 Å². The zero-order valence-electron chi connectivity index (χ0n) is 13.9. The number of nitrogens with zero attached hydrogens (tertiary/aromatic N) is 3. The number of likely N-dealkylation sites (tertiary alicyclic amines) is 1. The number of likely N-dealkylation sites (N-methyl/N-ethyl adjacent to an activating group) is 1. The predicted octanol–water partition coefficient (Wildman–Crippen LogP) is 1.96. The van der Waals surface area contributed by atoms with Crippen molar-refractivity contribution in [1.29, 1.82) is 0 Å². The Hall–Kier alpha value is -1.46. The molecule has 2 heterocycles. The lowest BCUT2D eigenvalue weighted by Gasteiger charge is -2.32. The number of carbonyl (C=O) groups excluding carboxylic acids is 1. The largest absolute Gasteiger partial charge is 0.382 e. The fraction of sp³-hybridized carbons (Fsp3) is 0.647. The van der Waals surface area contributed by atoms with Crippen molar-refractivity contribution >= 4 is 5.91 Å². The number of rotatable bonds is 6. The highest BCUT2D eigenvalue weighted by atomic mass is 16.5. The van der Waals surface area contributed by atoms with E-state index >= 15 is 0 Å². The maximum Gasteiger partial charge on any atom is 0.223 e. The minimum Gasteiger partial charge on any atom is -0.382 e. The normalized spacial score (nSPS) is 18.1. The van der Waals surface area contributed by atoms with Gasteiger partial charge in [0.15, 0.2) is 0 Å². The van der Waals surface area contributed by atoms with Crippen molar-refractivity contribution in [3.8, 4) is 0 Å². The summed E-state index contributed by atoms with van der Waals surface area (Å²) in [5, 5.41) is 0. The maximum atomic E-state index is 12.6. The van der Waals surface area contributed by atoms with Crippen LogP contribution in [0.15, 0.2) is 24.4 Å². The lowest BCUT2D eigenvalue weighted by molar-refractivity contribution is -0.134. The van der Waals surface area contributed by atoms with E-state index in [1.807, 2.05) is 25.2 Å². The molecule has 1 atom stereocenters. The summed E-state index contributed by atoms with van der Waals surface area (Å²) in [4.78, 5) is 21.1. The van der Waals surface area contributed by atoms with Gasteiger partial charge in [-0.3, -0.25) is 9.78 Å². The fourth-order valence-corrected chi connectivity index (χ4v) is 2.96. The van der Waals surface area contributed by atoms with Crippen molar-refractivity contribution < 1.29 is 9.53 Å². The van der Waals surface area contributed by atoms with Gasteiger partial charge in [0.1, 0.15) is 0 Å². The molecule has 0 radical (unpaired) electrons. The van der Waals surface area contributed by atoms with Gasteiger partial charge in [0.2, 0.25) is 5.91 Å². The van der Waals surface area contributed by atoms with E-state index in [2.05, 4.69) is 16.9 Å². The van der Waals surface area contributed by atoms with E-state index in [-0.39, 0.29) is 11.9 Å². The molecule has 1 saturated heterocycles. The fourth-order valence-electron chi connectivity index (χ4n) is 2.96. The highest BCUT2D eigenvalue weighted by molar-refractivity contribution is 5.76. The highest BCUT2D eigenvalue weighted by Gasteiger charge is 2.26. The summed E-state index contributed by atoms with van der Waals surface area (Å²) in [5.74, 6) is 0.681. The summed E-state index contributed by atoms with van der Waals surface area (Å²) in [5.41, 5.74) is 0.878. The topological polar surface area (TPSA) is 45.7 Å². The van der Waals surface area contributed by atoms with Crippen LogP contribution in [0.25, 0.3) is 0 Å². The number of pyridine rings is 1. The molecule has 5 heteroatoms. The van der Waals surface area contributed by atoms with Crippen LogP contribution in [0.2, 0.25) is 0 Å². The molecule has 0 aliphatic carbocycles. The molecule has 1 amide bonds. The molecule has 0 N–H and O–H groups in total. The Balaban J connectivity index is 1.97. The van der Waals surface area contributed by atoms with Gasteiger partial charge < -0.3 is 14.5 Å². The molecule has 1 fully saturated rings. The molecule has 0 spiro atoms. The van der Waals surface area contributed by atoms with Gasteiger partial charge in [0, 0.05) is 26.8 Å². The summed E-state index contributed by atoms with van der Waals surface area (Å²) in [7, 11) is 5.65. The number of methoxy groups -OCH3 is 1. The average Bonchev–Trinajstić information content (AvgIpc) is 2.55. The maximum absolute atomic E-state index is 12.6. The Morgan fingerprint density at radius 2 is 2.18 bits per heavy atom. The second-order valence-corrected chi connectivity index (χ2v) is 6.18. The molecule has 0 saturated carbocycles. The zero-order valence-corrected chi connectivity index (χ0v) is 13.9. The van der Waals surface area contributed by atoms with Crippen molar-refractivity contribution in [2.75, 3.05) is 40.9 Å². The second kappa shape index (κ2) is 8.25. The minimum atomic E-state index is -0.120. The third-order valence-corrected chi connectivity index (χ3v) is 4.52. The van der Waals surface area contributed by atoms with E-state index in [1.54, 1.807) is 18.2 Å². The Labute approximate surface area is 133 Å². The van der Waals surface area contributed by atoms with Gasteiger partial charge in [-0.1, -0.05) is 6.07 Å². The predicted molar refractivity (Wildman–Crippen MR) is 86.5 cm³/mol. The Morgan fingerprint density at radius 1 is 1.45 bits per heavy atom. The number of piperidine rings is 1. The molecule has 1 aromatic heterocycles. The summed E-state index contributed by atoms with van der Waals surface area (Å²) < 4.78 is 5.29. The van der Waals surface area contributed by atoms with Crippen LogP contribution in [0.5, 0.6) is 0 Å². The van der Waals surface area contributed by atoms with Crippen LogP contribution >= 0.6 is 0 Å². The molecule has 0 bridgehead atoms. The SMILES string of the molecule is COC[C@H](c1ccccn1)N(C)C(=O)CC1CCN(C)CC1. The van der Waals surface area contributed by atoms with Crippen LogP contribution in [0.1, 0.15) is 31.0 Å². The van der Waals surface area contributed by atoms with Gasteiger partial charge in [-0.25, -0.2) is 0 Å². The average molecular weight is 305 g/mol. The molecule has 2 rings (SSSR count). The van der Waals surface area contributed by atoms with Crippen molar-refractivity contribution in [2.24, 2.45) is 5.92 Å². The van der Waals surface area contributed by atoms with E-state index < -0.39 is 0 Å². The van der Waals surface area contributed by atoms with Gasteiger partial charge in [0.25, 0.3) is 0 Å². The first kappa shape index (κ1) is 16.9. The Kier molecular flexibility index (Phi) is 6.34. The summed E-state index contributed by atoms with van der Waals surface area (Å²) in [6.45, 7) is 2.64. The van der Waals surface area contributed by atoms with Crippen LogP contribution in [-0.4, -0.2) is 61.6 Å². The molecule has 5 nitrogen and oxygen atoms in total. The minimum absolute atomic E-state index is 0.120. The molecular weight excluding hydrogens is 278 g/mol. The van der Waals surface area contributed by atoms with Crippen LogP contribution in [0.3, 0.4) is 0 Å². The monoisotopic (exact) mass is 305 g/mol. The van der Waals surface area contributed by atoms with Crippen LogP contribution < -0.4 is 0 Å². The lowest BCUT2D eigenvalue weighted by Crippen LogP contribution is -2.37. The zero-order chi connectivity index (χ0) is 15.9. The number of amides is 1. The molecule has 22 heavy (non-hydrogen) atoms. The number of hydrogen-bond acceptors (Lipinski definition) is 4. The first-order valence-corrected chi connectivity index (χ1v) is 7.96. The lowest BCUT2D eigenvalue weighted by atomic mass is 9.93. The van der Waals surface area contributed by atoms with Crippen LogP contribution in [0.4, 0.5) is 0 Å². The van der Waals surface area contributed by atoms with E-state index in [9.17, 15) is 4.79 Å². The Morgan fingerprint density at radius 3 is 2.77 bits per heavy atom. The highest BCUT2D eigenvalue weighted by Crippen LogP contribution is 2.24. The van der Waals surface area contributed by atoms with Gasteiger partial charge in [0.05, 0.1) is 18.3 Å². The molecule has 122 valence electrons. The van der Waals surface area contributed by atoms with Crippen molar-refractivity contribution in [2.45, 2.75) is 25.3 Å². The first-order chi connectivity index (χ1) is 10.6. The van der Waals surface area contributed by atoms with Gasteiger partial charge >= 0.3 is 0 Å². The quantitative estimate of drug-likeness (QED) is 0.806. The number of hydrogen-bond donors (Lipinski definition) is 0. The summed E-state index contributed by atoms with van der Waals surface area (Å²) in [6.07, 6.45) is 4.59. The van der Waals surface area contributed by atoms with Crippen LogP contribution in [-0.2, 0) is 9.53 Å². The van der Waals surface area contributed by atoms with Gasteiger partial charge in [-0.15, -0.1) is 0 Å². The van der Waals surface area contributed by atoms with E-state index in [0.29, 0.717) is 18.9 Å². The van der Waals surface area contributed by atoms with Crippen molar-refractivity contribution in [3.05, 3.63) is 30.1 Å². The standard InChI is InChI=1S/C17H27N3O2/c1-19-10-7-14(8-11-19)12-17(21)20(2)16(13-22-3)15-6-4-5-9-18-15/h4-6,9,14,16H,7-8,10-13H2,1-3H3/t16-/m1/s1. The van der Waals surface area contributed by atoms with Crippen molar-refractivity contribution in [3.63, 3.8) is 0 Å². The molecule has 1 aliphatic heterocycles. The number of aromatic nitrogens is 1. The van der Waals surface area contributed by atoms with Crippen LogP contribution in [0, 0.1) is 5.92 Å². The molecule has 0 unspecified atom stereocenters. The number of ether oxygens (including phenoxy) is 1. The Bertz CT molecular complexity index is 458. The van der Waals surface area contributed by atoms with E-state index in [0.717, 1.165) is 31.6 Å². The first-order valence-electron chi connectivity index (χ1n) is 7.96. The third-order valence-electron chi connectivity index (χ3n) is 4.52. The number of carbonyl (C=O) groups is 1. The third kappa shape index (κ3) is 4.52. The van der Waals surface area contributed by atoms with Gasteiger partial charge in [-0.05, 0) is 51.0 Å². The van der Waals surface area contributed by atoms with E-state index in [1.165, 1.54) is 0 Å². The molecular formula is C17H27N3O2. The summed E-state index contributed by atoms with van der Waals surface area (Å²) >= 11 is 0.